The van der Waals surface area contributed by atoms with Crippen molar-refractivity contribution in [1.29, 1.82) is 0 Å². The number of carbonyl (C=O) groups excluding carboxylic acids is 1. The normalized spacial score (nSPS) is 14.5. The average Bonchev–Trinajstić information content (AvgIpc) is 2.35. The minimum absolute atomic E-state index is 0.221. The van der Waals surface area contributed by atoms with Gasteiger partial charge in [0, 0.05) is 9.66 Å². The Balaban J connectivity index is 4.51. The Morgan fingerprint density at radius 1 is 1.27 bits per heavy atom. The van der Waals surface area contributed by atoms with Crippen LogP contribution in [-0.4, -0.2) is 27.5 Å². The van der Waals surface area contributed by atoms with Crippen molar-refractivity contribution in [2.75, 3.05) is 13.2 Å². The smallest absolute Gasteiger partial charge is 0.330 e. The van der Waals surface area contributed by atoms with E-state index in [-0.39, 0.29) is 11.0 Å². The van der Waals surface area contributed by atoms with Gasteiger partial charge in [-0.1, -0.05) is 39.0 Å². The highest BCUT2D eigenvalue weighted by atomic mass is 127. The molecule has 0 heterocycles. The molecule has 0 saturated carbocycles. The molecule has 0 atom stereocenters. The quantitative estimate of drug-likeness (QED) is 0.176. The van der Waals surface area contributed by atoms with Crippen LogP contribution in [0.1, 0.15) is 34.6 Å². The van der Waals surface area contributed by atoms with Gasteiger partial charge in [-0.15, -0.1) is 0 Å². The summed E-state index contributed by atoms with van der Waals surface area (Å²) in [5.74, 6) is -0.301. The topological polar surface area (TPSA) is 35.5 Å². The van der Waals surface area contributed by atoms with Crippen LogP contribution in [0.25, 0.3) is 0 Å². The third-order valence-corrected chi connectivity index (χ3v) is 8.79. The molecule has 0 aliphatic carbocycles. The molecule has 0 spiro atoms. The Bertz CT molecular complexity index is 457. The summed E-state index contributed by atoms with van der Waals surface area (Å²) in [6.45, 7) is 15.9. The van der Waals surface area contributed by atoms with Crippen molar-refractivity contribution < 1.29 is 14.0 Å². The van der Waals surface area contributed by atoms with Gasteiger partial charge in [-0.2, -0.15) is 0 Å². The fourth-order valence-corrected chi connectivity index (χ4v) is 2.84. The molecular weight excluding hydrogens is 407 g/mol. The molecule has 3 nitrogen and oxygen atoms in total. The first kappa shape index (κ1) is 21.6. The van der Waals surface area contributed by atoms with Crippen LogP contribution in [0.5, 0.6) is 0 Å². The molecule has 5 heteroatoms. The second-order valence-electron chi connectivity index (χ2n) is 6.66. The van der Waals surface area contributed by atoms with Gasteiger partial charge < -0.3 is 9.16 Å². The Kier molecular flexibility index (Phi) is 9.50. The van der Waals surface area contributed by atoms with Crippen molar-refractivity contribution in [3.05, 3.63) is 33.5 Å². The van der Waals surface area contributed by atoms with Gasteiger partial charge in [0.05, 0.1) is 13.2 Å². The Hall–Kier alpha value is -0.403. The minimum Gasteiger partial charge on any atom is -0.463 e. The summed E-state index contributed by atoms with van der Waals surface area (Å²) < 4.78 is 12.2. The third kappa shape index (κ3) is 8.90. The van der Waals surface area contributed by atoms with E-state index in [2.05, 4.69) is 56.5 Å². The predicted octanol–water partition coefficient (Wildman–Crippen LogP) is 5.39. The molecule has 0 fully saturated rings. The van der Waals surface area contributed by atoms with Crippen LogP contribution in [0, 0.1) is 0 Å². The van der Waals surface area contributed by atoms with Crippen LogP contribution >= 0.6 is 22.6 Å². The van der Waals surface area contributed by atoms with Crippen molar-refractivity contribution in [2.24, 2.45) is 0 Å². The predicted molar refractivity (Wildman–Crippen MR) is 105 cm³/mol. The number of esters is 1. The summed E-state index contributed by atoms with van der Waals surface area (Å²) in [5.41, 5.74) is 0.865. The van der Waals surface area contributed by atoms with Crippen molar-refractivity contribution in [1.82, 2.24) is 0 Å². The van der Waals surface area contributed by atoms with Crippen LogP contribution in [-0.2, 0) is 14.0 Å². The lowest BCUT2D eigenvalue weighted by Crippen LogP contribution is -2.41. The van der Waals surface area contributed by atoms with E-state index >= 15 is 0 Å². The monoisotopic (exact) mass is 436 g/mol. The van der Waals surface area contributed by atoms with E-state index in [1.165, 1.54) is 6.08 Å². The molecule has 22 heavy (non-hydrogen) atoms. The maximum Gasteiger partial charge on any atom is 0.330 e. The van der Waals surface area contributed by atoms with Gasteiger partial charge in [0.25, 0.3) is 0 Å². The van der Waals surface area contributed by atoms with Crippen molar-refractivity contribution >= 4 is 36.9 Å². The molecule has 126 valence electrons. The SMILES string of the molecule is CCOC(=O)/C=C(C)/C=C/C=C(/I)CO[Si](C)(C)C(C)(C)C. The second-order valence-corrected chi connectivity index (χ2v) is 12.9. The first-order valence-electron chi connectivity index (χ1n) is 7.51. The van der Waals surface area contributed by atoms with Crippen LogP contribution in [0.4, 0.5) is 0 Å². The van der Waals surface area contributed by atoms with E-state index < -0.39 is 8.32 Å². The highest BCUT2D eigenvalue weighted by Crippen LogP contribution is 2.36. The zero-order chi connectivity index (χ0) is 17.4. The molecule has 0 N–H and O–H groups in total. The maximum atomic E-state index is 11.3. The number of hydrogen-bond donors (Lipinski definition) is 0. The van der Waals surface area contributed by atoms with Gasteiger partial charge >= 0.3 is 5.97 Å². The molecule has 0 radical (unpaired) electrons. The Labute approximate surface area is 150 Å². The van der Waals surface area contributed by atoms with E-state index in [1.54, 1.807) is 6.92 Å². The van der Waals surface area contributed by atoms with Gasteiger partial charge in [-0.25, -0.2) is 4.79 Å². The van der Waals surface area contributed by atoms with E-state index in [0.29, 0.717) is 13.2 Å². The van der Waals surface area contributed by atoms with Gasteiger partial charge in [0.2, 0.25) is 0 Å². The zero-order valence-electron chi connectivity index (χ0n) is 14.8. The lowest BCUT2D eigenvalue weighted by Gasteiger charge is -2.36. The van der Waals surface area contributed by atoms with Gasteiger partial charge in [-0.3, -0.25) is 0 Å². The molecule has 0 amide bonds. The van der Waals surface area contributed by atoms with E-state index in [1.807, 2.05) is 25.2 Å². The van der Waals surface area contributed by atoms with Crippen molar-refractivity contribution in [2.45, 2.75) is 52.8 Å². The number of carbonyl (C=O) groups is 1. The lowest BCUT2D eigenvalue weighted by molar-refractivity contribution is -0.137. The van der Waals surface area contributed by atoms with Crippen LogP contribution in [0.2, 0.25) is 18.1 Å². The molecule has 0 aliphatic rings. The Morgan fingerprint density at radius 3 is 2.36 bits per heavy atom. The molecule has 0 rings (SSSR count). The highest BCUT2D eigenvalue weighted by Gasteiger charge is 2.36. The first-order chi connectivity index (χ1) is 9.99. The van der Waals surface area contributed by atoms with Gasteiger partial charge in [0.15, 0.2) is 8.32 Å². The summed E-state index contributed by atoms with van der Waals surface area (Å²) in [7, 11) is -1.70. The van der Waals surface area contributed by atoms with E-state index in [4.69, 9.17) is 9.16 Å². The van der Waals surface area contributed by atoms with Crippen LogP contribution in [0.15, 0.2) is 33.5 Å². The molecule has 0 unspecified atom stereocenters. The van der Waals surface area contributed by atoms with Gasteiger partial charge in [-0.05, 0) is 60.1 Å². The summed E-state index contributed by atoms with van der Waals surface area (Å²) in [6, 6.07) is 0. The number of ether oxygens (including phenoxy) is 1. The van der Waals surface area contributed by atoms with Crippen molar-refractivity contribution in [3.63, 3.8) is 0 Å². The number of hydrogen-bond acceptors (Lipinski definition) is 3. The van der Waals surface area contributed by atoms with Gasteiger partial charge in [0.1, 0.15) is 0 Å². The summed E-state index contributed by atoms with van der Waals surface area (Å²) in [4.78, 5) is 11.3. The second kappa shape index (κ2) is 9.67. The lowest BCUT2D eigenvalue weighted by atomic mass is 10.2. The van der Waals surface area contributed by atoms with Crippen LogP contribution in [0.3, 0.4) is 0 Å². The molecular formula is C17H29IO3Si. The standard InChI is InChI=1S/C17H29IO3Si/c1-8-20-16(19)12-14(2)10-9-11-15(18)13-21-22(6,7)17(3,4)5/h9-12H,8,13H2,1-7H3/b10-9+,14-12+,15-11+. The van der Waals surface area contributed by atoms with Crippen molar-refractivity contribution in [3.8, 4) is 0 Å². The van der Waals surface area contributed by atoms with E-state index in [9.17, 15) is 4.79 Å². The summed E-state index contributed by atoms with van der Waals surface area (Å²) >= 11 is 2.29. The molecule has 0 bridgehead atoms. The average molecular weight is 436 g/mol. The summed E-state index contributed by atoms with van der Waals surface area (Å²) in [5, 5.41) is 0.221. The molecule has 0 aromatic rings. The number of allylic oxidation sites excluding steroid dienone is 4. The Morgan fingerprint density at radius 2 is 1.86 bits per heavy atom. The number of rotatable bonds is 7. The number of halogens is 1. The molecule has 0 saturated heterocycles. The van der Waals surface area contributed by atoms with E-state index in [0.717, 1.165) is 9.15 Å². The largest absolute Gasteiger partial charge is 0.463 e. The minimum atomic E-state index is -1.70. The third-order valence-electron chi connectivity index (χ3n) is 3.65. The highest BCUT2D eigenvalue weighted by molar-refractivity contribution is 14.1. The fourth-order valence-electron chi connectivity index (χ4n) is 1.24. The summed E-state index contributed by atoms with van der Waals surface area (Å²) in [6.07, 6.45) is 7.33. The fraction of sp³-hybridized carbons (Fsp3) is 0.588. The molecule has 0 aromatic carbocycles. The molecule has 0 aromatic heterocycles. The maximum absolute atomic E-state index is 11.3. The zero-order valence-corrected chi connectivity index (χ0v) is 18.0. The first-order valence-corrected chi connectivity index (χ1v) is 11.5. The van der Waals surface area contributed by atoms with Crippen LogP contribution < -0.4 is 0 Å². The molecule has 0 aliphatic heterocycles.